The van der Waals surface area contributed by atoms with Crippen LogP contribution < -0.4 is 5.32 Å². The minimum absolute atomic E-state index is 0.00628. The van der Waals surface area contributed by atoms with Crippen molar-refractivity contribution in [2.75, 3.05) is 40.9 Å². The second kappa shape index (κ2) is 11.4. The number of methoxy groups -OCH3 is 1. The molecule has 0 spiro atoms. The lowest BCUT2D eigenvalue weighted by molar-refractivity contribution is -0.278. The quantitative estimate of drug-likeness (QED) is 0.326. The molecule has 0 aliphatic carbocycles. The third kappa shape index (κ3) is 10.5. The fraction of sp³-hybridized carbons (Fsp3) is 0.917. The summed E-state index contributed by atoms with van der Waals surface area (Å²) in [5.74, 6) is -0.00628. The van der Waals surface area contributed by atoms with Crippen LogP contribution in [0.25, 0.3) is 0 Å². The van der Waals surface area contributed by atoms with Crippen molar-refractivity contribution in [2.24, 2.45) is 0 Å². The van der Waals surface area contributed by atoms with E-state index in [9.17, 15) is 4.79 Å². The number of nitrogens with one attached hydrogen (secondary N) is 1. The Hall–Kier alpha value is -0.690. The Labute approximate surface area is 109 Å². The van der Waals surface area contributed by atoms with Gasteiger partial charge in [-0.2, -0.15) is 0 Å². The number of amides is 1. The third-order valence-corrected chi connectivity index (χ3v) is 2.50. The van der Waals surface area contributed by atoms with Gasteiger partial charge < -0.3 is 15.0 Å². The van der Waals surface area contributed by atoms with E-state index in [1.54, 1.807) is 7.11 Å². The second-order valence-electron chi connectivity index (χ2n) is 4.60. The fourth-order valence-corrected chi connectivity index (χ4v) is 1.57. The van der Waals surface area contributed by atoms with Crippen LogP contribution in [0.4, 0.5) is 0 Å². The minimum atomic E-state index is -0.391. The molecule has 1 unspecified atom stereocenters. The lowest BCUT2D eigenvalue weighted by Crippen LogP contribution is -2.39. The van der Waals surface area contributed by atoms with Crippen molar-refractivity contribution in [2.45, 2.75) is 31.8 Å². The zero-order valence-electron chi connectivity index (χ0n) is 11.6. The lowest BCUT2D eigenvalue weighted by atomic mass is 10.2. The highest BCUT2D eigenvalue weighted by atomic mass is 17.1. The molecule has 0 radical (unpaired) electrons. The molecule has 1 atom stereocenters. The summed E-state index contributed by atoms with van der Waals surface area (Å²) in [7, 11) is 5.43. The molecule has 0 aromatic heterocycles. The van der Waals surface area contributed by atoms with Crippen molar-refractivity contribution in [3.8, 4) is 0 Å². The summed E-state index contributed by atoms with van der Waals surface area (Å²) in [5.41, 5.74) is 0. The van der Waals surface area contributed by atoms with E-state index < -0.39 is 6.10 Å². The number of carbonyl (C=O) groups excluding carboxylic acids is 1. The molecule has 0 rings (SSSR count). The Balaban J connectivity index is 3.55. The van der Waals surface area contributed by atoms with Gasteiger partial charge in [0, 0.05) is 33.2 Å². The van der Waals surface area contributed by atoms with Crippen LogP contribution in [-0.4, -0.2) is 63.1 Å². The van der Waals surface area contributed by atoms with Crippen molar-refractivity contribution >= 4 is 5.91 Å². The predicted molar refractivity (Wildman–Crippen MR) is 69.4 cm³/mol. The summed E-state index contributed by atoms with van der Waals surface area (Å²) in [6.45, 7) is 1.63. The summed E-state index contributed by atoms with van der Waals surface area (Å²) in [5, 5.41) is 11.4. The SMILES string of the molecule is COCCCCCC(=O)NCC(CN(C)C)OO. The van der Waals surface area contributed by atoms with Crippen LogP contribution in [0.1, 0.15) is 25.7 Å². The highest BCUT2D eigenvalue weighted by molar-refractivity contribution is 5.75. The molecule has 6 nitrogen and oxygen atoms in total. The van der Waals surface area contributed by atoms with Crippen LogP contribution in [0.3, 0.4) is 0 Å². The topological polar surface area (TPSA) is 71.0 Å². The van der Waals surface area contributed by atoms with Crippen molar-refractivity contribution in [1.29, 1.82) is 0 Å². The van der Waals surface area contributed by atoms with Crippen molar-refractivity contribution in [3.63, 3.8) is 0 Å². The minimum Gasteiger partial charge on any atom is -0.385 e. The molecule has 6 heteroatoms. The maximum absolute atomic E-state index is 11.5. The molecular formula is C12H26N2O4. The number of nitrogens with zero attached hydrogens (tertiary/aromatic N) is 1. The van der Waals surface area contributed by atoms with E-state index in [4.69, 9.17) is 9.99 Å². The largest absolute Gasteiger partial charge is 0.385 e. The monoisotopic (exact) mass is 262 g/mol. The molecule has 2 N–H and O–H groups in total. The number of unbranched alkanes of at least 4 members (excludes halogenated alkanes) is 2. The van der Waals surface area contributed by atoms with Crippen LogP contribution in [-0.2, 0) is 14.4 Å². The van der Waals surface area contributed by atoms with Gasteiger partial charge in [-0.3, -0.25) is 10.1 Å². The van der Waals surface area contributed by atoms with Gasteiger partial charge in [-0.25, -0.2) is 4.89 Å². The maximum atomic E-state index is 11.5. The van der Waals surface area contributed by atoms with Gasteiger partial charge in [0.05, 0.1) is 0 Å². The van der Waals surface area contributed by atoms with Crippen LogP contribution in [0.5, 0.6) is 0 Å². The first kappa shape index (κ1) is 17.3. The summed E-state index contributed by atoms with van der Waals surface area (Å²) >= 11 is 0. The van der Waals surface area contributed by atoms with Crippen LogP contribution in [0, 0.1) is 0 Å². The summed E-state index contributed by atoms with van der Waals surface area (Å²) in [6.07, 6.45) is 2.93. The average Bonchev–Trinajstić information content (AvgIpc) is 2.33. The first-order valence-electron chi connectivity index (χ1n) is 6.30. The first-order valence-corrected chi connectivity index (χ1v) is 6.30. The summed E-state index contributed by atoms with van der Waals surface area (Å²) in [6, 6.07) is 0. The highest BCUT2D eigenvalue weighted by Gasteiger charge is 2.11. The summed E-state index contributed by atoms with van der Waals surface area (Å²) in [4.78, 5) is 17.7. The standard InChI is InChI=1S/C12H26N2O4/c1-14(2)10-11(18-16)9-13-12(15)7-5-4-6-8-17-3/h11,16H,4-10H2,1-3H3,(H,13,15). The Morgan fingerprint density at radius 1 is 1.33 bits per heavy atom. The molecule has 0 aromatic carbocycles. The molecule has 0 aliphatic heterocycles. The Bertz CT molecular complexity index is 212. The van der Waals surface area contributed by atoms with Crippen LogP contribution in [0.2, 0.25) is 0 Å². The molecule has 0 fully saturated rings. The Kier molecular flexibility index (Phi) is 11.0. The van der Waals surface area contributed by atoms with E-state index >= 15 is 0 Å². The molecular weight excluding hydrogens is 236 g/mol. The van der Waals surface area contributed by atoms with E-state index in [0.29, 0.717) is 19.5 Å². The molecule has 18 heavy (non-hydrogen) atoms. The Morgan fingerprint density at radius 3 is 2.61 bits per heavy atom. The molecule has 0 heterocycles. The maximum Gasteiger partial charge on any atom is 0.220 e. The van der Waals surface area contributed by atoms with Crippen molar-refractivity contribution < 1.29 is 19.7 Å². The van der Waals surface area contributed by atoms with Crippen LogP contribution >= 0.6 is 0 Å². The summed E-state index contributed by atoms with van der Waals surface area (Å²) < 4.78 is 4.93. The molecule has 108 valence electrons. The van der Waals surface area contributed by atoms with E-state index in [2.05, 4.69) is 10.2 Å². The van der Waals surface area contributed by atoms with Gasteiger partial charge in [0.1, 0.15) is 6.10 Å². The number of ether oxygens (including phenoxy) is 1. The number of carbonyl (C=O) groups is 1. The lowest BCUT2D eigenvalue weighted by Gasteiger charge is -2.18. The van der Waals surface area contributed by atoms with E-state index in [-0.39, 0.29) is 5.91 Å². The van der Waals surface area contributed by atoms with Gasteiger partial charge >= 0.3 is 0 Å². The third-order valence-electron chi connectivity index (χ3n) is 2.50. The number of likely N-dealkylation sites (N-methyl/N-ethyl adjacent to an activating group) is 1. The number of hydrogen-bond donors (Lipinski definition) is 2. The molecule has 0 saturated carbocycles. The molecule has 0 bridgehead atoms. The zero-order valence-corrected chi connectivity index (χ0v) is 11.6. The van der Waals surface area contributed by atoms with Gasteiger partial charge in [0.15, 0.2) is 0 Å². The normalized spacial score (nSPS) is 12.7. The van der Waals surface area contributed by atoms with Gasteiger partial charge in [-0.1, -0.05) is 6.42 Å². The van der Waals surface area contributed by atoms with E-state index in [0.717, 1.165) is 25.9 Å². The second-order valence-corrected chi connectivity index (χ2v) is 4.60. The first-order chi connectivity index (χ1) is 8.60. The van der Waals surface area contributed by atoms with Crippen molar-refractivity contribution in [1.82, 2.24) is 10.2 Å². The van der Waals surface area contributed by atoms with Crippen LogP contribution in [0.15, 0.2) is 0 Å². The highest BCUT2D eigenvalue weighted by Crippen LogP contribution is 2.00. The van der Waals surface area contributed by atoms with Gasteiger partial charge in [-0.05, 0) is 26.9 Å². The molecule has 0 aromatic rings. The zero-order chi connectivity index (χ0) is 13.8. The number of rotatable bonds is 11. The smallest absolute Gasteiger partial charge is 0.220 e. The van der Waals surface area contributed by atoms with Gasteiger partial charge in [0.25, 0.3) is 0 Å². The van der Waals surface area contributed by atoms with E-state index in [1.807, 2.05) is 19.0 Å². The van der Waals surface area contributed by atoms with Gasteiger partial charge in [-0.15, -0.1) is 0 Å². The number of hydrogen-bond acceptors (Lipinski definition) is 5. The predicted octanol–water partition coefficient (Wildman–Crippen LogP) is 0.729. The van der Waals surface area contributed by atoms with E-state index in [1.165, 1.54) is 0 Å². The Morgan fingerprint density at radius 2 is 2.06 bits per heavy atom. The van der Waals surface area contributed by atoms with Gasteiger partial charge in [0.2, 0.25) is 5.91 Å². The molecule has 0 saturated heterocycles. The fourth-order valence-electron chi connectivity index (χ4n) is 1.57. The molecule has 1 amide bonds. The van der Waals surface area contributed by atoms with Crippen molar-refractivity contribution in [3.05, 3.63) is 0 Å². The average molecular weight is 262 g/mol. The molecule has 0 aliphatic rings.